The number of carbonyl (C=O) groups is 2. The fraction of sp³-hybridized carbons (Fsp3) is 0.321. The molecule has 2 atom stereocenters. The van der Waals surface area contributed by atoms with Crippen molar-refractivity contribution in [2.24, 2.45) is 0 Å². The van der Waals surface area contributed by atoms with E-state index in [0.717, 1.165) is 31.4 Å². The van der Waals surface area contributed by atoms with Crippen molar-refractivity contribution in [2.45, 2.75) is 44.6 Å². The molecule has 8 heteroatoms. The topological polar surface area (TPSA) is 83.9 Å². The lowest BCUT2D eigenvalue weighted by Gasteiger charge is -2.48. The average molecular weight is 485 g/mol. The number of ether oxygens (including phenoxy) is 1. The van der Waals surface area contributed by atoms with Crippen molar-refractivity contribution in [3.63, 3.8) is 0 Å². The summed E-state index contributed by atoms with van der Waals surface area (Å²) in [5.41, 5.74) is 0.518. The third-order valence-electron chi connectivity index (χ3n) is 7.43. The summed E-state index contributed by atoms with van der Waals surface area (Å²) in [6.45, 7) is 2.39. The minimum Gasteiger partial charge on any atom is -0.451 e. The molecular weight excluding hydrogens is 456 g/mol. The van der Waals surface area contributed by atoms with Crippen molar-refractivity contribution in [2.75, 3.05) is 13.1 Å². The van der Waals surface area contributed by atoms with Crippen molar-refractivity contribution in [3.8, 4) is 11.5 Å². The number of fused-ring (bicyclic) bond motifs is 4. The van der Waals surface area contributed by atoms with Crippen LogP contribution in [0.1, 0.15) is 45.7 Å². The summed E-state index contributed by atoms with van der Waals surface area (Å²) >= 11 is 0. The van der Waals surface area contributed by atoms with E-state index in [9.17, 15) is 14.4 Å². The lowest BCUT2D eigenvalue weighted by atomic mass is 10.0. The lowest BCUT2D eigenvalue weighted by Crippen LogP contribution is -2.62. The molecule has 0 radical (unpaired) electrons. The number of rotatable bonds is 5. The van der Waals surface area contributed by atoms with Crippen LogP contribution in [0.3, 0.4) is 0 Å². The van der Waals surface area contributed by atoms with Gasteiger partial charge < -0.3 is 19.5 Å². The minimum atomic E-state index is -0.585. The number of amides is 2. The maximum Gasteiger partial charge on any atom is 0.275 e. The maximum absolute atomic E-state index is 13.8. The first-order chi connectivity index (χ1) is 17.6. The minimum absolute atomic E-state index is 0.0318. The molecule has 1 N–H and O–H groups in total. The molecule has 0 unspecified atom stereocenters. The highest BCUT2D eigenvalue weighted by atomic mass is 16.5. The van der Waals surface area contributed by atoms with Crippen molar-refractivity contribution in [1.29, 1.82) is 0 Å². The summed E-state index contributed by atoms with van der Waals surface area (Å²) in [6.07, 6.45) is 4.64. The van der Waals surface area contributed by atoms with Crippen molar-refractivity contribution in [1.82, 2.24) is 19.7 Å². The Morgan fingerprint density at radius 3 is 2.50 bits per heavy atom. The molecule has 36 heavy (non-hydrogen) atoms. The van der Waals surface area contributed by atoms with Crippen LogP contribution in [-0.2, 0) is 13.1 Å². The first kappa shape index (κ1) is 22.5. The first-order valence-corrected chi connectivity index (χ1v) is 12.5. The lowest BCUT2D eigenvalue weighted by molar-refractivity contribution is -0.0210. The Balaban J connectivity index is 1.40. The largest absolute Gasteiger partial charge is 0.451 e. The molecule has 0 bridgehead atoms. The van der Waals surface area contributed by atoms with E-state index < -0.39 is 11.3 Å². The number of nitrogens with one attached hydrogen (secondary N) is 1. The van der Waals surface area contributed by atoms with Gasteiger partial charge in [0.1, 0.15) is 17.5 Å². The van der Waals surface area contributed by atoms with Crippen LogP contribution in [0.4, 0.5) is 0 Å². The summed E-state index contributed by atoms with van der Waals surface area (Å²) in [6, 6.07) is 18.9. The Labute approximate surface area is 209 Å². The molecular formula is C28H28N4O4. The molecule has 4 heterocycles. The molecule has 184 valence electrons. The van der Waals surface area contributed by atoms with Crippen LogP contribution in [-0.4, -0.2) is 51.5 Å². The number of nitrogens with zero attached hydrogens (tertiary/aromatic N) is 3. The molecule has 0 spiro atoms. The van der Waals surface area contributed by atoms with Gasteiger partial charge in [0.2, 0.25) is 11.2 Å². The summed E-state index contributed by atoms with van der Waals surface area (Å²) in [4.78, 5) is 44.8. The number of para-hydroxylation sites is 1. The normalized spacial score (nSPS) is 20.9. The Kier molecular flexibility index (Phi) is 5.81. The van der Waals surface area contributed by atoms with Crippen LogP contribution in [0.15, 0.2) is 71.7 Å². The van der Waals surface area contributed by atoms with Gasteiger partial charge in [0.25, 0.3) is 11.8 Å². The van der Waals surface area contributed by atoms with E-state index in [1.807, 2.05) is 41.3 Å². The number of aromatic nitrogens is 1. The highest BCUT2D eigenvalue weighted by Crippen LogP contribution is 2.35. The molecule has 3 aliphatic rings. The second-order valence-electron chi connectivity index (χ2n) is 9.59. The molecule has 6 rings (SSSR count). The van der Waals surface area contributed by atoms with Crippen LogP contribution in [0.2, 0.25) is 0 Å². The fourth-order valence-corrected chi connectivity index (χ4v) is 5.67. The molecule has 8 nitrogen and oxygen atoms in total. The third-order valence-corrected chi connectivity index (χ3v) is 7.43. The molecule has 2 amide bonds. The zero-order valence-electron chi connectivity index (χ0n) is 19.9. The van der Waals surface area contributed by atoms with Crippen LogP contribution in [0.25, 0.3) is 0 Å². The van der Waals surface area contributed by atoms with Crippen LogP contribution < -0.4 is 15.5 Å². The summed E-state index contributed by atoms with van der Waals surface area (Å²) in [5.74, 6) is -0.376. The first-order valence-electron chi connectivity index (χ1n) is 12.5. The number of pyridine rings is 1. The highest BCUT2D eigenvalue weighted by Gasteiger charge is 2.45. The predicted molar refractivity (Wildman–Crippen MR) is 134 cm³/mol. The Hall–Kier alpha value is -3.91. The quantitative estimate of drug-likeness (QED) is 0.601. The molecule has 3 aliphatic heterocycles. The van der Waals surface area contributed by atoms with Gasteiger partial charge in [-0.05, 0) is 37.0 Å². The van der Waals surface area contributed by atoms with Gasteiger partial charge >= 0.3 is 0 Å². The van der Waals surface area contributed by atoms with Gasteiger partial charge in [0.05, 0.1) is 6.54 Å². The van der Waals surface area contributed by atoms with Gasteiger partial charge in [0, 0.05) is 31.9 Å². The van der Waals surface area contributed by atoms with Crippen LogP contribution in [0, 0.1) is 0 Å². The average Bonchev–Trinajstić information content (AvgIpc) is 3.40. The Bertz CT molecular complexity index is 1360. The van der Waals surface area contributed by atoms with Crippen LogP contribution >= 0.6 is 0 Å². The van der Waals surface area contributed by atoms with E-state index in [1.54, 1.807) is 28.8 Å². The monoisotopic (exact) mass is 484 g/mol. The fourth-order valence-electron chi connectivity index (χ4n) is 5.67. The van der Waals surface area contributed by atoms with Gasteiger partial charge in [-0.15, -0.1) is 0 Å². The zero-order valence-corrected chi connectivity index (χ0v) is 19.9. The van der Waals surface area contributed by atoms with Crippen LogP contribution in [0.5, 0.6) is 11.5 Å². The van der Waals surface area contributed by atoms with Gasteiger partial charge in [-0.2, -0.15) is 0 Å². The van der Waals surface area contributed by atoms with Gasteiger partial charge in [-0.3, -0.25) is 19.3 Å². The Morgan fingerprint density at radius 2 is 1.72 bits per heavy atom. The number of benzene rings is 2. The number of hydrogen-bond acceptors (Lipinski definition) is 5. The van der Waals surface area contributed by atoms with Crippen molar-refractivity contribution >= 4 is 11.8 Å². The van der Waals surface area contributed by atoms with E-state index in [2.05, 4.69) is 10.2 Å². The highest BCUT2D eigenvalue weighted by molar-refractivity contribution is 5.99. The molecule has 2 fully saturated rings. The second-order valence-corrected chi connectivity index (χ2v) is 9.59. The van der Waals surface area contributed by atoms with E-state index >= 15 is 0 Å². The molecule has 3 aromatic rings. The Morgan fingerprint density at radius 1 is 0.972 bits per heavy atom. The zero-order chi connectivity index (χ0) is 24.6. The van der Waals surface area contributed by atoms with Gasteiger partial charge in [-0.1, -0.05) is 48.5 Å². The molecule has 0 aliphatic carbocycles. The predicted octanol–water partition coefficient (Wildman–Crippen LogP) is 3.22. The third kappa shape index (κ3) is 3.97. The van der Waals surface area contributed by atoms with Crippen molar-refractivity contribution in [3.05, 3.63) is 93.9 Å². The van der Waals surface area contributed by atoms with Gasteiger partial charge in [0.15, 0.2) is 5.69 Å². The molecule has 2 saturated heterocycles. The van der Waals surface area contributed by atoms with E-state index in [4.69, 9.17) is 4.74 Å². The maximum atomic E-state index is 13.8. The SMILES string of the molecule is O=C(NCc1ccccc1)c1cn2c(c(Oc3ccccc3)c1=O)C(=O)N1CC[C@H]3CCCN3[C@H]1C2. The van der Waals surface area contributed by atoms with E-state index in [1.165, 1.54) is 6.20 Å². The number of hydrogen-bond donors (Lipinski definition) is 1. The van der Waals surface area contributed by atoms with Crippen molar-refractivity contribution < 1.29 is 14.3 Å². The standard InChI is InChI=1S/C28H28N4O4/c33-25-22(27(34)29-16-19-8-3-1-4-9-19)17-30-18-23-31-14-7-10-20(31)13-15-32(23)28(35)24(30)26(25)36-21-11-5-2-6-12-21/h1-6,8-9,11-12,17,20,23H,7,10,13-16,18H2,(H,29,34)/t20-,23-/m1/s1. The molecule has 0 saturated carbocycles. The molecule has 2 aromatic carbocycles. The van der Waals surface area contributed by atoms with E-state index in [-0.39, 0.29) is 29.1 Å². The van der Waals surface area contributed by atoms with E-state index in [0.29, 0.717) is 31.4 Å². The molecule has 1 aromatic heterocycles. The second kappa shape index (κ2) is 9.28. The smallest absolute Gasteiger partial charge is 0.275 e. The summed E-state index contributed by atoms with van der Waals surface area (Å²) in [5, 5.41) is 2.84. The summed E-state index contributed by atoms with van der Waals surface area (Å²) < 4.78 is 7.77. The van der Waals surface area contributed by atoms with Gasteiger partial charge in [-0.25, -0.2) is 0 Å². The summed E-state index contributed by atoms with van der Waals surface area (Å²) in [7, 11) is 0. The number of carbonyl (C=O) groups excluding carboxylic acids is 2.